The highest BCUT2D eigenvalue weighted by atomic mass is 16.5. The summed E-state index contributed by atoms with van der Waals surface area (Å²) in [6.07, 6.45) is 0.515. The number of amides is 1. The number of carbonyl (C=O) groups is 1. The highest BCUT2D eigenvalue weighted by Gasteiger charge is 2.10. The molecule has 1 N–H and O–H groups in total. The van der Waals surface area contributed by atoms with Crippen LogP contribution in [0.5, 0.6) is 5.75 Å². The van der Waals surface area contributed by atoms with Crippen LogP contribution >= 0.6 is 0 Å². The van der Waals surface area contributed by atoms with Gasteiger partial charge in [0, 0.05) is 24.4 Å². The molecule has 0 aliphatic carbocycles. The predicted molar refractivity (Wildman–Crippen MR) is 77.8 cm³/mol. The number of rotatable bonds is 6. The van der Waals surface area contributed by atoms with Crippen molar-refractivity contribution in [3.8, 4) is 17.1 Å². The second-order valence-electron chi connectivity index (χ2n) is 4.94. The van der Waals surface area contributed by atoms with Crippen LogP contribution in [-0.4, -0.2) is 29.7 Å². The van der Waals surface area contributed by atoms with E-state index in [-0.39, 0.29) is 11.8 Å². The van der Waals surface area contributed by atoms with Crippen molar-refractivity contribution >= 4 is 5.91 Å². The molecule has 1 aromatic heterocycles. The Morgan fingerprint density at radius 3 is 2.67 bits per heavy atom. The van der Waals surface area contributed by atoms with E-state index in [1.807, 2.05) is 38.1 Å². The molecular weight excluding hydrogens is 270 g/mol. The minimum atomic E-state index is -0.0254. The van der Waals surface area contributed by atoms with Crippen LogP contribution in [0.2, 0.25) is 0 Å². The largest absolute Gasteiger partial charge is 0.497 e. The molecule has 1 heterocycles. The van der Waals surface area contributed by atoms with Crippen LogP contribution in [0.25, 0.3) is 11.4 Å². The van der Waals surface area contributed by atoms with Crippen molar-refractivity contribution in [2.45, 2.75) is 20.3 Å². The first-order valence-electron chi connectivity index (χ1n) is 6.85. The van der Waals surface area contributed by atoms with Crippen LogP contribution in [0.1, 0.15) is 19.7 Å². The summed E-state index contributed by atoms with van der Waals surface area (Å²) in [5, 5.41) is 6.75. The van der Waals surface area contributed by atoms with E-state index in [0.29, 0.717) is 24.7 Å². The molecule has 112 valence electrons. The fraction of sp³-hybridized carbons (Fsp3) is 0.400. The van der Waals surface area contributed by atoms with Gasteiger partial charge >= 0.3 is 0 Å². The van der Waals surface area contributed by atoms with Gasteiger partial charge in [-0.15, -0.1) is 0 Å². The molecule has 0 saturated heterocycles. The lowest BCUT2D eigenvalue weighted by molar-refractivity contribution is -0.123. The second-order valence-corrected chi connectivity index (χ2v) is 4.94. The van der Waals surface area contributed by atoms with E-state index >= 15 is 0 Å². The molecular formula is C15H19N3O3. The van der Waals surface area contributed by atoms with Gasteiger partial charge in [-0.2, -0.15) is 4.98 Å². The van der Waals surface area contributed by atoms with Crippen LogP contribution in [-0.2, 0) is 11.2 Å². The summed E-state index contributed by atoms with van der Waals surface area (Å²) >= 11 is 0. The third-order valence-corrected chi connectivity index (χ3v) is 2.98. The fourth-order valence-electron chi connectivity index (χ4n) is 1.71. The number of ether oxygens (including phenoxy) is 1. The van der Waals surface area contributed by atoms with Crippen molar-refractivity contribution in [3.05, 3.63) is 30.2 Å². The van der Waals surface area contributed by atoms with Gasteiger partial charge in [0.25, 0.3) is 0 Å². The molecule has 0 unspecified atom stereocenters. The Kier molecular flexibility index (Phi) is 4.92. The van der Waals surface area contributed by atoms with Gasteiger partial charge in [0.05, 0.1) is 7.11 Å². The van der Waals surface area contributed by atoms with E-state index in [2.05, 4.69) is 15.5 Å². The lowest BCUT2D eigenvalue weighted by atomic mass is 10.2. The quantitative estimate of drug-likeness (QED) is 0.880. The maximum Gasteiger partial charge on any atom is 0.228 e. The molecule has 2 aromatic rings. The molecule has 0 bridgehead atoms. The summed E-state index contributed by atoms with van der Waals surface area (Å²) in [5.41, 5.74) is 0.858. The smallest absolute Gasteiger partial charge is 0.228 e. The number of nitrogens with one attached hydrogen (secondary N) is 1. The van der Waals surface area contributed by atoms with Crippen molar-refractivity contribution in [2.75, 3.05) is 13.7 Å². The average molecular weight is 289 g/mol. The molecule has 6 nitrogen and oxygen atoms in total. The van der Waals surface area contributed by atoms with Crippen molar-refractivity contribution in [2.24, 2.45) is 5.92 Å². The molecule has 2 rings (SSSR count). The second kappa shape index (κ2) is 6.88. The van der Waals surface area contributed by atoms with Crippen LogP contribution in [0.4, 0.5) is 0 Å². The van der Waals surface area contributed by atoms with E-state index in [0.717, 1.165) is 11.3 Å². The monoisotopic (exact) mass is 289 g/mol. The zero-order chi connectivity index (χ0) is 15.2. The van der Waals surface area contributed by atoms with Crippen molar-refractivity contribution in [3.63, 3.8) is 0 Å². The van der Waals surface area contributed by atoms with Gasteiger partial charge in [-0.25, -0.2) is 0 Å². The lowest BCUT2D eigenvalue weighted by Crippen LogP contribution is -2.29. The molecule has 0 fully saturated rings. The van der Waals surface area contributed by atoms with Gasteiger partial charge in [0.1, 0.15) is 5.75 Å². The number of aromatic nitrogens is 2. The van der Waals surface area contributed by atoms with E-state index in [1.54, 1.807) is 7.11 Å². The number of nitrogens with zero attached hydrogens (tertiary/aromatic N) is 2. The number of hydrogen-bond donors (Lipinski definition) is 1. The summed E-state index contributed by atoms with van der Waals surface area (Å²) < 4.78 is 10.3. The van der Waals surface area contributed by atoms with Gasteiger partial charge in [-0.05, 0) is 24.3 Å². The Morgan fingerprint density at radius 2 is 2.05 bits per heavy atom. The molecule has 0 atom stereocenters. The molecule has 21 heavy (non-hydrogen) atoms. The molecule has 0 spiro atoms. The predicted octanol–water partition coefficient (Wildman–Crippen LogP) is 2.06. The highest BCUT2D eigenvalue weighted by molar-refractivity contribution is 5.77. The minimum absolute atomic E-state index is 0.0184. The summed E-state index contributed by atoms with van der Waals surface area (Å²) in [4.78, 5) is 15.7. The number of methoxy groups -OCH3 is 1. The third kappa shape index (κ3) is 4.05. The Bertz CT molecular complexity index is 590. The van der Waals surface area contributed by atoms with Crippen LogP contribution in [0, 0.1) is 5.92 Å². The van der Waals surface area contributed by atoms with Crippen molar-refractivity contribution in [1.29, 1.82) is 0 Å². The van der Waals surface area contributed by atoms with Crippen molar-refractivity contribution < 1.29 is 14.1 Å². The normalized spacial score (nSPS) is 10.7. The van der Waals surface area contributed by atoms with Crippen LogP contribution < -0.4 is 10.1 Å². The number of benzene rings is 1. The Labute approximate surface area is 123 Å². The van der Waals surface area contributed by atoms with Gasteiger partial charge in [-0.1, -0.05) is 19.0 Å². The van der Waals surface area contributed by atoms with Gasteiger partial charge in [0.2, 0.25) is 17.6 Å². The van der Waals surface area contributed by atoms with E-state index in [9.17, 15) is 4.79 Å². The van der Waals surface area contributed by atoms with Gasteiger partial charge < -0.3 is 14.6 Å². The standard InChI is InChI=1S/C15H19N3O3/c1-10(2)15(19)16-9-8-13-17-14(18-21-13)11-4-6-12(20-3)7-5-11/h4-7,10H,8-9H2,1-3H3,(H,16,19). The molecule has 1 amide bonds. The fourth-order valence-corrected chi connectivity index (χ4v) is 1.71. The number of hydrogen-bond acceptors (Lipinski definition) is 5. The zero-order valence-electron chi connectivity index (χ0n) is 12.4. The van der Waals surface area contributed by atoms with E-state index < -0.39 is 0 Å². The maximum absolute atomic E-state index is 11.4. The Balaban J connectivity index is 1.93. The van der Waals surface area contributed by atoms with Gasteiger partial charge in [-0.3, -0.25) is 4.79 Å². The summed E-state index contributed by atoms with van der Waals surface area (Å²) in [6, 6.07) is 7.42. The van der Waals surface area contributed by atoms with Crippen LogP contribution in [0.3, 0.4) is 0 Å². The first-order chi connectivity index (χ1) is 10.1. The van der Waals surface area contributed by atoms with Crippen LogP contribution in [0.15, 0.2) is 28.8 Å². The molecule has 6 heteroatoms. The first kappa shape index (κ1) is 15.0. The minimum Gasteiger partial charge on any atom is -0.497 e. The molecule has 0 aliphatic heterocycles. The molecule has 0 saturated carbocycles. The lowest BCUT2D eigenvalue weighted by Gasteiger charge is -2.05. The Hall–Kier alpha value is -2.37. The molecule has 0 radical (unpaired) electrons. The highest BCUT2D eigenvalue weighted by Crippen LogP contribution is 2.19. The molecule has 1 aromatic carbocycles. The van der Waals surface area contributed by atoms with E-state index in [1.165, 1.54) is 0 Å². The summed E-state index contributed by atoms with van der Waals surface area (Å²) in [6.45, 7) is 4.19. The first-order valence-corrected chi connectivity index (χ1v) is 6.85. The van der Waals surface area contributed by atoms with E-state index in [4.69, 9.17) is 9.26 Å². The summed E-state index contributed by atoms with van der Waals surface area (Å²) in [5.74, 6) is 1.80. The number of carbonyl (C=O) groups excluding carboxylic acids is 1. The van der Waals surface area contributed by atoms with Crippen molar-refractivity contribution in [1.82, 2.24) is 15.5 Å². The molecule has 0 aliphatic rings. The average Bonchev–Trinajstić information content (AvgIpc) is 2.96. The SMILES string of the molecule is COc1ccc(-c2noc(CCNC(=O)C(C)C)n2)cc1. The zero-order valence-corrected chi connectivity index (χ0v) is 12.4. The topological polar surface area (TPSA) is 77.3 Å². The van der Waals surface area contributed by atoms with Gasteiger partial charge in [0.15, 0.2) is 0 Å². The third-order valence-electron chi connectivity index (χ3n) is 2.98. The maximum atomic E-state index is 11.4. The summed E-state index contributed by atoms with van der Waals surface area (Å²) in [7, 11) is 1.62. The Morgan fingerprint density at radius 1 is 1.33 bits per heavy atom.